The molecule has 6 heteroatoms. The van der Waals surface area contributed by atoms with E-state index >= 15 is 0 Å². The fourth-order valence-corrected chi connectivity index (χ4v) is 1.05. The van der Waals surface area contributed by atoms with Crippen LogP contribution in [-0.2, 0) is 0 Å². The molecule has 1 heterocycles. The third-order valence-corrected chi connectivity index (χ3v) is 1.69. The van der Waals surface area contributed by atoms with Gasteiger partial charge in [0.15, 0.2) is 5.75 Å². The Balaban J connectivity index is 3.39. The number of pyridine rings is 1. The summed E-state index contributed by atoms with van der Waals surface area (Å²) in [5.74, 6) is -0.986. The number of amides is 1. The molecule has 0 saturated heterocycles. The zero-order valence-corrected chi connectivity index (χ0v) is 7.85. The molecule has 0 fully saturated rings. The molecule has 0 saturated carbocycles. The largest absolute Gasteiger partial charge is 0.499 e. The first kappa shape index (κ1) is 10.1. The van der Waals surface area contributed by atoms with Crippen molar-refractivity contribution in [1.29, 1.82) is 0 Å². The van der Waals surface area contributed by atoms with Crippen LogP contribution in [0.4, 0.5) is 0 Å². The minimum atomic E-state index is -0.803. The minimum absolute atomic E-state index is 0.159. The molecule has 0 aromatic carbocycles. The van der Waals surface area contributed by atoms with Gasteiger partial charge in [-0.15, -0.1) is 0 Å². The lowest BCUT2D eigenvalue weighted by Crippen LogP contribution is -2.47. The van der Waals surface area contributed by atoms with Crippen LogP contribution in [0.15, 0.2) is 12.3 Å². The van der Waals surface area contributed by atoms with E-state index in [0.29, 0.717) is 0 Å². The number of nitrogens with zero attached hydrogens (tertiary/aromatic N) is 1. The van der Waals surface area contributed by atoms with Crippen LogP contribution in [-0.4, -0.2) is 25.2 Å². The first-order chi connectivity index (χ1) is 6.61. The molecule has 0 atom stereocenters. The molecular weight excluding hydrogens is 188 g/mol. The smallest absolute Gasteiger partial charge is 0.366 e. The van der Waals surface area contributed by atoms with Crippen molar-refractivity contribution in [2.24, 2.45) is 5.73 Å². The molecule has 0 aliphatic carbocycles. The second-order valence-electron chi connectivity index (χ2n) is 2.45. The summed E-state index contributed by atoms with van der Waals surface area (Å²) in [6, 6.07) is 1.45. The maximum Gasteiger partial charge on any atom is 0.366 e. The van der Waals surface area contributed by atoms with Crippen LogP contribution in [0, 0.1) is 0 Å². The van der Waals surface area contributed by atoms with Gasteiger partial charge in [0.2, 0.25) is 11.9 Å². The van der Waals surface area contributed by atoms with Crippen molar-refractivity contribution in [2.45, 2.75) is 0 Å². The van der Waals surface area contributed by atoms with Crippen molar-refractivity contribution in [2.75, 3.05) is 14.2 Å². The van der Waals surface area contributed by atoms with Crippen molar-refractivity contribution < 1.29 is 24.2 Å². The van der Waals surface area contributed by atoms with Crippen molar-refractivity contribution >= 4 is 5.91 Å². The van der Waals surface area contributed by atoms with E-state index in [1.165, 1.54) is 26.5 Å². The van der Waals surface area contributed by atoms with Crippen LogP contribution in [0.2, 0.25) is 0 Å². The molecule has 6 nitrogen and oxygen atoms in total. The van der Waals surface area contributed by atoms with Crippen molar-refractivity contribution in [1.82, 2.24) is 0 Å². The summed E-state index contributed by atoms with van der Waals surface area (Å²) in [7, 11) is 2.72. The van der Waals surface area contributed by atoms with Crippen LogP contribution in [0.3, 0.4) is 0 Å². The van der Waals surface area contributed by atoms with Gasteiger partial charge in [0.25, 0.3) is 0 Å². The average molecular weight is 199 g/mol. The SMILES string of the molecule is COc1cc[n+](OC)c(C(N)=O)c1O. The molecule has 76 valence electrons. The predicted molar refractivity (Wildman–Crippen MR) is 45.9 cm³/mol. The molecule has 14 heavy (non-hydrogen) atoms. The Morgan fingerprint density at radius 3 is 2.64 bits per heavy atom. The highest BCUT2D eigenvalue weighted by molar-refractivity contribution is 5.92. The number of ether oxygens (including phenoxy) is 1. The summed E-state index contributed by atoms with van der Waals surface area (Å²) in [6.45, 7) is 0. The van der Waals surface area contributed by atoms with Crippen LogP contribution in [0.5, 0.6) is 11.5 Å². The van der Waals surface area contributed by atoms with Crippen LogP contribution < -0.4 is 20.0 Å². The number of hydrogen-bond donors (Lipinski definition) is 2. The zero-order valence-electron chi connectivity index (χ0n) is 7.85. The van der Waals surface area contributed by atoms with Gasteiger partial charge in [-0.1, -0.05) is 0 Å². The standard InChI is InChI=1S/C8H10N2O4/c1-13-5-3-4-10(14-2)6(7(5)11)8(9)12/h3-4H,1-2H3,(H2-,9,11,12)/p+1. The lowest BCUT2D eigenvalue weighted by molar-refractivity contribution is -0.886. The molecule has 1 amide bonds. The van der Waals surface area contributed by atoms with Crippen LogP contribution >= 0.6 is 0 Å². The fourth-order valence-electron chi connectivity index (χ4n) is 1.05. The zero-order chi connectivity index (χ0) is 10.7. The van der Waals surface area contributed by atoms with Gasteiger partial charge in [-0.2, -0.15) is 0 Å². The maximum atomic E-state index is 11.0. The first-order valence-corrected chi connectivity index (χ1v) is 3.77. The number of nitrogens with two attached hydrogens (primary N) is 1. The molecule has 0 bridgehead atoms. The van der Waals surface area contributed by atoms with Crippen LogP contribution in [0.1, 0.15) is 10.5 Å². The number of primary amides is 1. The van der Waals surface area contributed by atoms with Gasteiger partial charge < -0.3 is 15.6 Å². The van der Waals surface area contributed by atoms with Gasteiger partial charge >= 0.3 is 11.6 Å². The molecule has 0 unspecified atom stereocenters. The molecule has 0 aliphatic heterocycles. The van der Waals surface area contributed by atoms with E-state index < -0.39 is 5.91 Å². The number of aromatic hydroxyl groups is 1. The third-order valence-electron chi connectivity index (χ3n) is 1.69. The molecule has 3 N–H and O–H groups in total. The Morgan fingerprint density at radius 1 is 1.57 bits per heavy atom. The third kappa shape index (κ3) is 1.54. The predicted octanol–water partition coefficient (Wildman–Crippen LogP) is -1.15. The van der Waals surface area contributed by atoms with Gasteiger partial charge in [-0.3, -0.25) is 9.63 Å². The summed E-state index contributed by atoms with van der Waals surface area (Å²) in [4.78, 5) is 15.8. The summed E-state index contributed by atoms with van der Waals surface area (Å²) >= 11 is 0. The molecule has 0 spiro atoms. The van der Waals surface area contributed by atoms with Crippen molar-refractivity contribution in [3.63, 3.8) is 0 Å². The molecule has 1 aromatic heterocycles. The van der Waals surface area contributed by atoms with Gasteiger partial charge in [0, 0.05) is 4.73 Å². The van der Waals surface area contributed by atoms with E-state index in [-0.39, 0.29) is 17.2 Å². The number of aromatic nitrogens is 1. The Hall–Kier alpha value is -1.98. The normalized spacial score (nSPS) is 9.57. The number of rotatable bonds is 3. The van der Waals surface area contributed by atoms with E-state index in [0.717, 1.165) is 4.73 Å². The van der Waals surface area contributed by atoms with E-state index in [4.69, 9.17) is 15.3 Å². The van der Waals surface area contributed by atoms with E-state index in [1.807, 2.05) is 0 Å². The van der Waals surface area contributed by atoms with E-state index in [1.54, 1.807) is 0 Å². The van der Waals surface area contributed by atoms with E-state index in [2.05, 4.69) is 0 Å². The Kier molecular flexibility index (Phi) is 2.76. The average Bonchev–Trinajstić information content (AvgIpc) is 2.16. The lowest BCUT2D eigenvalue weighted by atomic mass is 10.3. The number of hydrogen-bond acceptors (Lipinski definition) is 4. The highest BCUT2D eigenvalue weighted by Crippen LogP contribution is 2.25. The lowest BCUT2D eigenvalue weighted by Gasteiger charge is -2.03. The Labute approximate surface area is 80.4 Å². The second-order valence-corrected chi connectivity index (χ2v) is 2.45. The van der Waals surface area contributed by atoms with Gasteiger partial charge in [0.05, 0.1) is 13.2 Å². The van der Waals surface area contributed by atoms with Gasteiger partial charge in [-0.25, -0.2) is 0 Å². The topological polar surface area (TPSA) is 85.7 Å². The molecule has 1 aromatic rings. The number of methoxy groups -OCH3 is 1. The number of carbonyl (C=O) groups is 1. The molecule has 1 rings (SSSR count). The highest BCUT2D eigenvalue weighted by atomic mass is 16.6. The number of carbonyl (C=O) groups excluding carboxylic acids is 1. The molecular formula is C8H11N2O4+. The Bertz CT molecular complexity index is 365. The first-order valence-electron chi connectivity index (χ1n) is 3.77. The van der Waals surface area contributed by atoms with Crippen LogP contribution in [0.25, 0.3) is 0 Å². The summed E-state index contributed by atoms with van der Waals surface area (Å²) in [6.07, 6.45) is 1.42. The van der Waals surface area contributed by atoms with Gasteiger partial charge in [0.1, 0.15) is 7.11 Å². The van der Waals surface area contributed by atoms with E-state index in [9.17, 15) is 9.90 Å². The monoisotopic (exact) mass is 199 g/mol. The summed E-state index contributed by atoms with van der Waals surface area (Å²) in [5, 5.41) is 9.54. The maximum absolute atomic E-state index is 11.0. The second kappa shape index (κ2) is 3.82. The quantitative estimate of drug-likeness (QED) is 0.601. The van der Waals surface area contributed by atoms with Crippen molar-refractivity contribution in [3.05, 3.63) is 18.0 Å². The Morgan fingerprint density at radius 2 is 2.21 bits per heavy atom. The fraction of sp³-hybridized carbons (Fsp3) is 0.250. The van der Waals surface area contributed by atoms with Gasteiger partial charge in [-0.05, 0) is 0 Å². The molecule has 0 aliphatic rings. The molecule has 0 radical (unpaired) electrons. The minimum Gasteiger partial charge on any atom is -0.499 e. The highest BCUT2D eigenvalue weighted by Gasteiger charge is 2.27. The van der Waals surface area contributed by atoms with Crippen molar-refractivity contribution in [3.8, 4) is 11.5 Å². The summed E-state index contributed by atoms with van der Waals surface area (Å²) < 4.78 is 5.86. The summed E-state index contributed by atoms with van der Waals surface area (Å²) in [5.41, 5.74) is 4.90.